The Morgan fingerprint density at radius 1 is 1.15 bits per heavy atom. The van der Waals surface area contributed by atoms with E-state index in [9.17, 15) is 0 Å². The second-order valence-electron chi connectivity index (χ2n) is 6.99. The van der Waals surface area contributed by atoms with Crippen molar-refractivity contribution in [3.63, 3.8) is 0 Å². The average Bonchev–Trinajstić information content (AvgIpc) is 2.60. The highest BCUT2D eigenvalue weighted by Crippen LogP contribution is 2.18. The summed E-state index contributed by atoms with van der Waals surface area (Å²) >= 11 is 1.98. The first-order valence-electron chi connectivity index (χ1n) is 9.19. The van der Waals surface area contributed by atoms with Crippen molar-refractivity contribution in [3.8, 4) is 0 Å². The van der Waals surface area contributed by atoms with Gasteiger partial charge >= 0.3 is 0 Å². The van der Waals surface area contributed by atoms with Crippen LogP contribution in [-0.4, -0.2) is 65.7 Å². The molecule has 0 spiro atoms. The fraction of sp³-hybridized carbons (Fsp3) is 0.632. The largest absolute Gasteiger partial charge is 0.373 e. The Labute approximate surface area is 178 Å². The predicted octanol–water partition coefficient (Wildman–Crippen LogP) is 2.78. The van der Waals surface area contributed by atoms with E-state index in [1.54, 1.807) is 0 Å². The van der Waals surface area contributed by atoms with E-state index in [1.807, 2.05) is 11.8 Å². The number of morpholine rings is 1. The van der Waals surface area contributed by atoms with Gasteiger partial charge in [0.2, 0.25) is 0 Å². The molecule has 0 saturated carbocycles. The van der Waals surface area contributed by atoms with Crippen LogP contribution < -0.4 is 5.73 Å². The smallest absolute Gasteiger partial charge is 0.191 e. The van der Waals surface area contributed by atoms with Crippen LogP contribution in [0.15, 0.2) is 29.3 Å². The number of nitrogens with two attached hydrogens (primary N) is 1. The van der Waals surface area contributed by atoms with Gasteiger partial charge in [-0.05, 0) is 25.0 Å². The standard InChI is InChI=1S/C19H30N4OS.HI/c1-15-12-22(13-16(2)24-15)14-18-6-4-3-5-17(18)11-21-19(20)23-7-9-25-10-8-23;/h3-6,15-16H,7-14H2,1-2H3,(H2,20,21);1H. The fourth-order valence-corrected chi connectivity index (χ4v) is 4.48. The molecule has 2 heterocycles. The molecular formula is C19H31IN4OS. The number of hydrogen-bond acceptors (Lipinski definition) is 4. The van der Waals surface area contributed by atoms with E-state index in [2.05, 4.69) is 52.9 Å². The van der Waals surface area contributed by atoms with Crippen LogP contribution in [0.5, 0.6) is 0 Å². The van der Waals surface area contributed by atoms with Crippen LogP contribution in [0, 0.1) is 0 Å². The molecule has 2 aliphatic rings. The zero-order valence-corrected chi connectivity index (χ0v) is 18.9. The van der Waals surface area contributed by atoms with Crippen LogP contribution in [0.2, 0.25) is 0 Å². The van der Waals surface area contributed by atoms with E-state index in [-0.39, 0.29) is 24.0 Å². The maximum Gasteiger partial charge on any atom is 0.191 e. The summed E-state index contributed by atoms with van der Waals surface area (Å²) in [6.45, 7) is 9.87. The van der Waals surface area contributed by atoms with Crippen LogP contribution >= 0.6 is 35.7 Å². The van der Waals surface area contributed by atoms with E-state index in [0.29, 0.717) is 24.7 Å². The molecule has 146 valence electrons. The Bertz CT molecular complexity index is 585. The lowest BCUT2D eigenvalue weighted by Gasteiger charge is -2.35. The van der Waals surface area contributed by atoms with Crippen molar-refractivity contribution in [1.29, 1.82) is 0 Å². The second-order valence-corrected chi connectivity index (χ2v) is 8.22. The van der Waals surface area contributed by atoms with Crippen LogP contribution in [0.25, 0.3) is 0 Å². The quantitative estimate of drug-likeness (QED) is 0.400. The molecule has 7 heteroatoms. The molecule has 1 aromatic rings. The number of benzene rings is 1. The van der Waals surface area contributed by atoms with Gasteiger partial charge in [0.15, 0.2) is 5.96 Å². The second kappa shape index (κ2) is 10.7. The minimum absolute atomic E-state index is 0. The number of nitrogens with zero attached hydrogens (tertiary/aromatic N) is 3. The van der Waals surface area contributed by atoms with Crippen molar-refractivity contribution in [3.05, 3.63) is 35.4 Å². The first kappa shape index (κ1) is 21.8. The van der Waals surface area contributed by atoms with E-state index in [1.165, 1.54) is 11.1 Å². The summed E-state index contributed by atoms with van der Waals surface area (Å²) in [6, 6.07) is 8.59. The molecule has 5 nitrogen and oxygen atoms in total. The molecule has 26 heavy (non-hydrogen) atoms. The lowest BCUT2D eigenvalue weighted by Crippen LogP contribution is -2.45. The number of aliphatic imine (C=N–C) groups is 1. The molecule has 0 aromatic heterocycles. The number of thioether (sulfide) groups is 1. The summed E-state index contributed by atoms with van der Waals surface area (Å²) in [5.41, 5.74) is 8.82. The molecule has 2 unspecified atom stereocenters. The van der Waals surface area contributed by atoms with Gasteiger partial charge in [0, 0.05) is 44.2 Å². The number of ether oxygens (including phenoxy) is 1. The third-order valence-corrected chi connectivity index (χ3v) is 5.70. The van der Waals surface area contributed by atoms with E-state index < -0.39 is 0 Å². The Balaban J connectivity index is 0.00000243. The summed E-state index contributed by atoms with van der Waals surface area (Å²) in [6.07, 6.45) is 0.586. The molecular weight excluding hydrogens is 459 g/mol. The third-order valence-electron chi connectivity index (χ3n) is 4.75. The molecule has 2 aliphatic heterocycles. The Kier molecular flexibility index (Phi) is 8.99. The lowest BCUT2D eigenvalue weighted by atomic mass is 10.1. The normalized spacial score (nSPS) is 25.0. The highest BCUT2D eigenvalue weighted by atomic mass is 127. The van der Waals surface area contributed by atoms with Gasteiger partial charge in [0.25, 0.3) is 0 Å². The molecule has 2 N–H and O–H groups in total. The van der Waals surface area contributed by atoms with Crippen LogP contribution in [0.3, 0.4) is 0 Å². The van der Waals surface area contributed by atoms with Gasteiger partial charge in [-0.3, -0.25) is 4.90 Å². The monoisotopic (exact) mass is 490 g/mol. The fourth-order valence-electron chi connectivity index (χ4n) is 3.58. The van der Waals surface area contributed by atoms with Crippen molar-refractivity contribution in [1.82, 2.24) is 9.80 Å². The van der Waals surface area contributed by atoms with Crippen LogP contribution in [0.1, 0.15) is 25.0 Å². The van der Waals surface area contributed by atoms with Crippen molar-refractivity contribution < 1.29 is 4.74 Å². The predicted molar refractivity (Wildman–Crippen MR) is 121 cm³/mol. The number of rotatable bonds is 4. The Morgan fingerprint density at radius 3 is 2.42 bits per heavy atom. The minimum atomic E-state index is 0. The van der Waals surface area contributed by atoms with Crippen LogP contribution in [0.4, 0.5) is 0 Å². The first-order valence-corrected chi connectivity index (χ1v) is 10.3. The highest BCUT2D eigenvalue weighted by molar-refractivity contribution is 14.0. The van der Waals surface area contributed by atoms with Gasteiger partial charge in [0.05, 0.1) is 18.8 Å². The lowest BCUT2D eigenvalue weighted by molar-refractivity contribution is -0.0705. The minimum Gasteiger partial charge on any atom is -0.373 e. The molecule has 0 amide bonds. The SMILES string of the molecule is CC1CN(Cc2ccccc2CN=C(N)N2CCSCC2)CC(C)O1.I. The molecule has 0 aliphatic carbocycles. The van der Waals surface area contributed by atoms with E-state index >= 15 is 0 Å². The van der Waals surface area contributed by atoms with Gasteiger partial charge in [-0.15, -0.1) is 24.0 Å². The average molecular weight is 490 g/mol. The van der Waals surface area contributed by atoms with Gasteiger partial charge in [-0.1, -0.05) is 24.3 Å². The van der Waals surface area contributed by atoms with Gasteiger partial charge in [0.1, 0.15) is 0 Å². The van der Waals surface area contributed by atoms with Crippen molar-refractivity contribution >= 4 is 41.7 Å². The van der Waals surface area contributed by atoms with E-state index in [0.717, 1.165) is 44.2 Å². The van der Waals surface area contributed by atoms with E-state index in [4.69, 9.17) is 10.5 Å². The summed E-state index contributed by atoms with van der Waals surface area (Å²) in [7, 11) is 0. The molecule has 2 atom stereocenters. The summed E-state index contributed by atoms with van der Waals surface area (Å²) in [5.74, 6) is 2.96. The van der Waals surface area contributed by atoms with Crippen molar-refractivity contribution in [2.24, 2.45) is 10.7 Å². The maximum absolute atomic E-state index is 6.21. The molecule has 2 fully saturated rings. The Hall–Kier alpha value is -0.510. The number of halogens is 1. The zero-order chi connectivity index (χ0) is 17.6. The highest BCUT2D eigenvalue weighted by Gasteiger charge is 2.22. The van der Waals surface area contributed by atoms with Gasteiger partial charge < -0.3 is 15.4 Å². The van der Waals surface area contributed by atoms with Crippen molar-refractivity contribution in [2.75, 3.05) is 37.7 Å². The number of hydrogen-bond donors (Lipinski definition) is 1. The van der Waals surface area contributed by atoms with Crippen LogP contribution in [-0.2, 0) is 17.8 Å². The number of guanidine groups is 1. The molecule has 0 bridgehead atoms. The topological polar surface area (TPSA) is 54.1 Å². The van der Waals surface area contributed by atoms with Crippen molar-refractivity contribution in [2.45, 2.75) is 39.1 Å². The first-order chi connectivity index (χ1) is 12.1. The molecule has 2 saturated heterocycles. The molecule has 3 rings (SSSR count). The molecule has 0 radical (unpaired) electrons. The summed E-state index contributed by atoms with van der Waals surface area (Å²) in [4.78, 5) is 9.35. The zero-order valence-electron chi connectivity index (χ0n) is 15.8. The maximum atomic E-state index is 6.21. The third kappa shape index (κ3) is 6.28. The van der Waals surface area contributed by atoms with Gasteiger partial charge in [-0.25, -0.2) is 4.99 Å². The molecule has 1 aromatic carbocycles. The summed E-state index contributed by atoms with van der Waals surface area (Å²) < 4.78 is 5.84. The Morgan fingerprint density at radius 2 is 1.77 bits per heavy atom. The summed E-state index contributed by atoms with van der Waals surface area (Å²) in [5, 5.41) is 0. The van der Waals surface area contributed by atoms with Gasteiger partial charge in [-0.2, -0.15) is 11.8 Å².